The zero-order valence-corrected chi connectivity index (χ0v) is 8.31. The standard InChI is InChI=1S/C11H10FN3/c1-3-7-15(14-2)11-6-4-5-10(12)9(11)8-13/h3-7H,2H2,1H3/b7-3-. The average Bonchev–Trinajstić information content (AvgIpc) is 2.25. The molecule has 0 aliphatic rings. The van der Waals surface area contributed by atoms with Crippen molar-refractivity contribution in [3.05, 3.63) is 41.9 Å². The highest BCUT2D eigenvalue weighted by Crippen LogP contribution is 2.22. The topological polar surface area (TPSA) is 39.4 Å². The molecule has 76 valence electrons. The molecule has 1 aromatic carbocycles. The van der Waals surface area contributed by atoms with Gasteiger partial charge in [0.05, 0.1) is 5.69 Å². The molecule has 0 heterocycles. The fourth-order valence-electron chi connectivity index (χ4n) is 1.16. The largest absolute Gasteiger partial charge is 0.241 e. The first-order chi connectivity index (χ1) is 7.24. The first-order valence-corrected chi connectivity index (χ1v) is 4.32. The maximum absolute atomic E-state index is 13.3. The van der Waals surface area contributed by atoms with Crippen LogP contribution in [-0.2, 0) is 0 Å². The summed E-state index contributed by atoms with van der Waals surface area (Å²) in [5.74, 6) is -0.562. The van der Waals surface area contributed by atoms with Crippen LogP contribution in [0.1, 0.15) is 12.5 Å². The summed E-state index contributed by atoms with van der Waals surface area (Å²) in [7, 11) is 0. The lowest BCUT2D eigenvalue weighted by atomic mass is 10.2. The molecule has 1 rings (SSSR count). The number of hydrogen-bond acceptors (Lipinski definition) is 3. The second-order valence-electron chi connectivity index (χ2n) is 2.71. The normalized spacial score (nSPS) is 9.93. The van der Waals surface area contributed by atoms with Gasteiger partial charge in [0.15, 0.2) is 0 Å². The van der Waals surface area contributed by atoms with Gasteiger partial charge < -0.3 is 0 Å². The maximum atomic E-state index is 13.3. The van der Waals surface area contributed by atoms with E-state index in [4.69, 9.17) is 5.26 Å². The van der Waals surface area contributed by atoms with Gasteiger partial charge in [0.25, 0.3) is 0 Å². The Kier molecular flexibility index (Phi) is 3.58. The summed E-state index contributed by atoms with van der Waals surface area (Å²) in [5, 5.41) is 13.8. The Balaban J connectivity index is 3.30. The van der Waals surface area contributed by atoms with Gasteiger partial charge in [-0.15, -0.1) is 0 Å². The second kappa shape index (κ2) is 4.91. The fourth-order valence-corrected chi connectivity index (χ4v) is 1.16. The third-order valence-electron chi connectivity index (χ3n) is 1.79. The minimum atomic E-state index is -0.562. The van der Waals surface area contributed by atoms with Crippen LogP contribution in [0.25, 0.3) is 0 Å². The van der Waals surface area contributed by atoms with Crippen LogP contribution in [0.15, 0.2) is 35.6 Å². The number of hydrazone groups is 1. The van der Waals surface area contributed by atoms with E-state index in [1.807, 2.05) is 0 Å². The summed E-state index contributed by atoms with van der Waals surface area (Å²) in [5.41, 5.74) is 0.341. The van der Waals surface area contributed by atoms with Crippen LogP contribution < -0.4 is 5.01 Å². The average molecular weight is 203 g/mol. The van der Waals surface area contributed by atoms with Gasteiger partial charge in [-0.25, -0.2) is 9.40 Å². The van der Waals surface area contributed by atoms with Crippen LogP contribution in [0.5, 0.6) is 0 Å². The molecule has 0 radical (unpaired) electrons. The molecular formula is C11H10FN3. The van der Waals surface area contributed by atoms with Gasteiger partial charge in [-0.3, -0.25) is 0 Å². The number of nitriles is 1. The lowest BCUT2D eigenvalue weighted by Crippen LogP contribution is -2.08. The van der Waals surface area contributed by atoms with Crippen molar-refractivity contribution in [3.63, 3.8) is 0 Å². The molecule has 0 aromatic heterocycles. The van der Waals surface area contributed by atoms with Crippen molar-refractivity contribution in [2.45, 2.75) is 6.92 Å². The van der Waals surface area contributed by atoms with E-state index in [0.717, 1.165) is 0 Å². The summed E-state index contributed by atoms with van der Waals surface area (Å²) in [6.45, 7) is 5.15. The molecule has 0 atom stereocenters. The van der Waals surface area contributed by atoms with Crippen LogP contribution in [0.4, 0.5) is 10.1 Å². The van der Waals surface area contributed by atoms with Crippen molar-refractivity contribution < 1.29 is 4.39 Å². The Morgan fingerprint density at radius 3 is 2.87 bits per heavy atom. The molecule has 0 saturated heterocycles. The van der Waals surface area contributed by atoms with Gasteiger partial charge in [0.1, 0.15) is 17.4 Å². The smallest absolute Gasteiger partial charge is 0.143 e. The van der Waals surface area contributed by atoms with E-state index in [1.54, 1.807) is 31.3 Å². The summed E-state index contributed by atoms with van der Waals surface area (Å²) in [6.07, 6.45) is 3.32. The number of benzene rings is 1. The van der Waals surface area contributed by atoms with Crippen LogP contribution in [0, 0.1) is 17.1 Å². The van der Waals surface area contributed by atoms with Crippen LogP contribution >= 0.6 is 0 Å². The lowest BCUT2D eigenvalue weighted by Gasteiger charge is -2.14. The van der Waals surface area contributed by atoms with Gasteiger partial charge in [-0.05, 0) is 19.1 Å². The van der Waals surface area contributed by atoms with E-state index in [9.17, 15) is 4.39 Å². The number of anilines is 1. The first-order valence-electron chi connectivity index (χ1n) is 4.32. The molecule has 3 nitrogen and oxygen atoms in total. The molecule has 0 aliphatic carbocycles. The Morgan fingerprint density at radius 2 is 2.33 bits per heavy atom. The van der Waals surface area contributed by atoms with E-state index in [0.29, 0.717) is 5.69 Å². The van der Waals surface area contributed by atoms with Gasteiger partial charge in [0.2, 0.25) is 0 Å². The molecule has 0 aliphatic heterocycles. The van der Waals surface area contributed by atoms with Gasteiger partial charge >= 0.3 is 0 Å². The predicted molar refractivity (Wildman–Crippen MR) is 58.0 cm³/mol. The molecule has 0 N–H and O–H groups in total. The summed E-state index contributed by atoms with van der Waals surface area (Å²) >= 11 is 0. The molecule has 0 amide bonds. The van der Waals surface area contributed by atoms with E-state index in [1.165, 1.54) is 17.1 Å². The Morgan fingerprint density at radius 1 is 1.60 bits per heavy atom. The van der Waals surface area contributed by atoms with Crippen molar-refractivity contribution in [1.82, 2.24) is 0 Å². The van der Waals surface area contributed by atoms with Crippen LogP contribution in [0.2, 0.25) is 0 Å². The minimum absolute atomic E-state index is 0.0389. The fraction of sp³-hybridized carbons (Fsp3) is 0.0909. The van der Waals surface area contributed by atoms with Crippen molar-refractivity contribution in [1.29, 1.82) is 5.26 Å². The van der Waals surface area contributed by atoms with E-state index >= 15 is 0 Å². The molecule has 4 heteroatoms. The molecule has 0 spiro atoms. The Hall–Kier alpha value is -2.15. The van der Waals surface area contributed by atoms with Crippen LogP contribution in [-0.4, -0.2) is 6.72 Å². The SMILES string of the molecule is C=NN(/C=C\C)c1cccc(F)c1C#N. The molecule has 0 saturated carbocycles. The third kappa shape index (κ3) is 2.20. The van der Waals surface area contributed by atoms with Crippen LogP contribution in [0.3, 0.4) is 0 Å². The summed E-state index contributed by atoms with van der Waals surface area (Å²) in [6, 6.07) is 6.16. The number of nitrogens with zero attached hydrogens (tertiary/aromatic N) is 3. The highest BCUT2D eigenvalue weighted by atomic mass is 19.1. The quantitative estimate of drug-likeness (QED) is 0.559. The van der Waals surface area contributed by atoms with Crippen molar-refractivity contribution in [2.75, 3.05) is 5.01 Å². The molecule has 0 unspecified atom stereocenters. The Labute approximate surface area is 87.7 Å². The Bertz CT molecular complexity index is 432. The highest BCUT2D eigenvalue weighted by Gasteiger charge is 2.11. The number of rotatable bonds is 3. The van der Waals surface area contributed by atoms with E-state index in [-0.39, 0.29) is 5.56 Å². The van der Waals surface area contributed by atoms with Crippen molar-refractivity contribution in [2.24, 2.45) is 5.10 Å². The monoisotopic (exact) mass is 203 g/mol. The molecule has 1 aromatic rings. The second-order valence-corrected chi connectivity index (χ2v) is 2.71. The number of halogens is 1. The van der Waals surface area contributed by atoms with Gasteiger partial charge in [-0.2, -0.15) is 10.4 Å². The van der Waals surface area contributed by atoms with E-state index in [2.05, 4.69) is 11.8 Å². The van der Waals surface area contributed by atoms with Crippen molar-refractivity contribution in [3.8, 4) is 6.07 Å². The minimum Gasteiger partial charge on any atom is -0.241 e. The predicted octanol–water partition coefficient (Wildman–Crippen LogP) is 2.65. The van der Waals surface area contributed by atoms with E-state index < -0.39 is 5.82 Å². The number of allylic oxidation sites excluding steroid dienone is 1. The van der Waals surface area contributed by atoms with Crippen molar-refractivity contribution >= 4 is 12.4 Å². The first kappa shape index (κ1) is 10.9. The molecule has 0 bridgehead atoms. The van der Waals surface area contributed by atoms with Gasteiger partial charge in [-0.1, -0.05) is 12.1 Å². The highest BCUT2D eigenvalue weighted by molar-refractivity contribution is 5.61. The zero-order valence-electron chi connectivity index (χ0n) is 8.31. The molecule has 0 fully saturated rings. The summed E-state index contributed by atoms with van der Waals surface area (Å²) < 4.78 is 13.3. The molecule has 15 heavy (non-hydrogen) atoms. The molecular weight excluding hydrogens is 193 g/mol. The van der Waals surface area contributed by atoms with Gasteiger partial charge in [0, 0.05) is 12.9 Å². The zero-order chi connectivity index (χ0) is 11.3. The number of hydrogen-bond donors (Lipinski definition) is 0. The lowest BCUT2D eigenvalue weighted by molar-refractivity contribution is 0.623. The maximum Gasteiger partial charge on any atom is 0.143 e. The summed E-state index contributed by atoms with van der Waals surface area (Å²) in [4.78, 5) is 0. The third-order valence-corrected chi connectivity index (χ3v) is 1.79.